The minimum atomic E-state index is -1.23. The van der Waals surface area contributed by atoms with E-state index in [1.165, 1.54) is 29.7 Å². The van der Waals surface area contributed by atoms with E-state index >= 15 is 0 Å². The van der Waals surface area contributed by atoms with E-state index in [4.69, 9.17) is 11.5 Å². The van der Waals surface area contributed by atoms with Crippen molar-refractivity contribution in [1.82, 2.24) is 4.37 Å². The van der Waals surface area contributed by atoms with Crippen molar-refractivity contribution in [2.45, 2.75) is 24.8 Å². The number of benzene rings is 2. The van der Waals surface area contributed by atoms with Gasteiger partial charge in [-0.15, -0.1) is 0 Å². The first-order valence-electron chi connectivity index (χ1n) is 9.37. The number of nitrogens with two attached hydrogens (primary N) is 2. The van der Waals surface area contributed by atoms with Gasteiger partial charge in [0, 0.05) is 5.92 Å². The van der Waals surface area contributed by atoms with E-state index in [0.29, 0.717) is 17.0 Å². The topological polar surface area (TPSA) is 123 Å². The Kier molecular flexibility index (Phi) is 5.10. The number of primary amides is 2. The van der Waals surface area contributed by atoms with Crippen molar-refractivity contribution in [2.75, 3.05) is 10.6 Å². The van der Waals surface area contributed by atoms with E-state index in [2.05, 4.69) is 15.0 Å². The molecule has 1 aliphatic carbocycles. The Labute approximate surface area is 180 Å². The molecule has 7 nitrogen and oxygen atoms in total. The summed E-state index contributed by atoms with van der Waals surface area (Å²) in [6.07, 6.45) is 0.321. The van der Waals surface area contributed by atoms with Crippen LogP contribution in [0.3, 0.4) is 0 Å². The highest BCUT2D eigenvalue weighted by molar-refractivity contribution is 7.10. The van der Waals surface area contributed by atoms with Crippen molar-refractivity contribution in [3.8, 4) is 0 Å². The number of amides is 2. The zero-order valence-electron chi connectivity index (χ0n) is 16.4. The van der Waals surface area contributed by atoms with Gasteiger partial charge < -0.3 is 22.1 Å². The Bertz CT molecular complexity index is 1180. The molecular weight excluding hydrogens is 424 g/mol. The summed E-state index contributed by atoms with van der Waals surface area (Å²) < 4.78 is 32.2. The summed E-state index contributed by atoms with van der Waals surface area (Å²) in [4.78, 5) is 24.1. The van der Waals surface area contributed by atoms with Crippen LogP contribution in [0, 0.1) is 18.6 Å². The number of hydrogen-bond donors (Lipinski definition) is 4. The van der Waals surface area contributed by atoms with Gasteiger partial charge in [0.15, 0.2) is 0 Å². The third-order valence-corrected chi connectivity index (χ3v) is 6.09. The van der Waals surface area contributed by atoms with Gasteiger partial charge >= 0.3 is 0 Å². The molecule has 4 rings (SSSR count). The van der Waals surface area contributed by atoms with Gasteiger partial charge in [0.05, 0.1) is 22.6 Å². The predicted molar refractivity (Wildman–Crippen MR) is 114 cm³/mol. The fourth-order valence-electron chi connectivity index (χ4n) is 3.60. The zero-order chi connectivity index (χ0) is 22.3. The van der Waals surface area contributed by atoms with Gasteiger partial charge in [-0.25, -0.2) is 8.78 Å². The molecule has 0 aliphatic heterocycles. The lowest BCUT2D eigenvalue weighted by Crippen LogP contribution is -2.39. The van der Waals surface area contributed by atoms with Gasteiger partial charge in [-0.05, 0) is 60.8 Å². The molecule has 2 atom stereocenters. The molecule has 0 unspecified atom stereocenters. The zero-order valence-corrected chi connectivity index (χ0v) is 17.2. The summed E-state index contributed by atoms with van der Waals surface area (Å²) >= 11 is 1.17. The molecule has 1 aromatic heterocycles. The second-order valence-electron chi connectivity index (χ2n) is 7.47. The molecule has 0 spiro atoms. The van der Waals surface area contributed by atoms with E-state index in [-0.39, 0.29) is 22.9 Å². The number of carbonyl (C=O) groups is 2. The molecule has 2 aromatic carbocycles. The smallest absolute Gasteiger partial charge is 0.250 e. The van der Waals surface area contributed by atoms with Crippen molar-refractivity contribution in [3.63, 3.8) is 0 Å². The van der Waals surface area contributed by atoms with E-state index in [0.717, 1.165) is 11.8 Å². The molecular formula is C21H19F2N5O2S. The molecule has 6 N–H and O–H groups in total. The highest BCUT2D eigenvalue weighted by atomic mass is 32.1. The minimum absolute atomic E-state index is 0.0165. The number of hydrogen-bond acceptors (Lipinski definition) is 6. The van der Waals surface area contributed by atoms with E-state index in [1.807, 2.05) is 6.92 Å². The van der Waals surface area contributed by atoms with Crippen LogP contribution in [0.15, 0.2) is 42.5 Å². The van der Waals surface area contributed by atoms with Crippen LogP contribution in [0.5, 0.6) is 0 Å². The number of nitrogens with zero attached hydrogens (tertiary/aromatic N) is 1. The lowest BCUT2D eigenvalue weighted by molar-refractivity contribution is -0.119. The summed E-state index contributed by atoms with van der Waals surface area (Å²) in [6.45, 7) is 1.81. The monoisotopic (exact) mass is 443 g/mol. The summed E-state index contributed by atoms with van der Waals surface area (Å²) in [7, 11) is 0. The molecule has 1 fully saturated rings. The molecule has 160 valence electrons. The lowest BCUT2D eigenvalue weighted by Gasteiger charge is -2.20. The van der Waals surface area contributed by atoms with Gasteiger partial charge in [0.2, 0.25) is 5.91 Å². The summed E-state index contributed by atoms with van der Waals surface area (Å²) in [6, 6.07) is 9.86. The van der Waals surface area contributed by atoms with Crippen molar-refractivity contribution >= 4 is 39.7 Å². The van der Waals surface area contributed by atoms with Crippen LogP contribution in [0.1, 0.15) is 34.0 Å². The van der Waals surface area contributed by atoms with Gasteiger partial charge in [0.1, 0.15) is 22.2 Å². The van der Waals surface area contributed by atoms with Crippen LogP contribution in [0.2, 0.25) is 0 Å². The van der Waals surface area contributed by atoms with Gasteiger partial charge in [-0.3, -0.25) is 9.59 Å². The van der Waals surface area contributed by atoms with E-state index in [1.54, 1.807) is 18.2 Å². The maximum atomic E-state index is 14.8. The van der Waals surface area contributed by atoms with Crippen LogP contribution >= 0.6 is 11.5 Å². The second kappa shape index (κ2) is 7.62. The lowest BCUT2D eigenvalue weighted by atomic mass is 10.0. The van der Waals surface area contributed by atoms with Gasteiger partial charge in [-0.1, -0.05) is 12.1 Å². The molecule has 1 heterocycles. The Balaban J connectivity index is 1.68. The SMILES string of the molecule is Cc1cc(Nc2cc(N[C@@]3(C(N)=O)C[C@@H]3c3ccc(F)cc3)c(F)cc2C(N)=O)sn1. The number of carbonyl (C=O) groups excluding carboxylic acids is 2. The van der Waals surface area contributed by atoms with Crippen LogP contribution in [0.25, 0.3) is 0 Å². The number of anilines is 3. The number of aryl methyl sites for hydroxylation is 1. The highest BCUT2D eigenvalue weighted by Gasteiger charge is 2.60. The molecule has 31 heavy (non-hydrogen) atoms. The summed E-state index contributed by atoms with van der Waals surface area (Å²) in [5, 5.41) is 6.56. The van der Waals surface area contributed by atoms with Crippen molar-refractivity contribution in [3.05, 3.63) is 70.9 Å². The maximum Gasteiger partial charge on any atom is 0.250 e. The first-order valence-corrected chi connectivity index (χ1v) is 10.1. The van der Waals surface area contributed by atoms with Crippen molar-refractivity contribution in [2.24, 2.45) is 11.5 Å². The standard InChI is InChI=1S/C21H19F2N5O2S/c1-10-6-18(31-28-10)26-16-8-17(15(23)7-13(16)19(24)29)27-21(20(25)30)9-14(21)11-2-4-12(22)5-3-11/h2-8,14,26-27H,9H2,1H3,(H2,24,29)(H2,25,30)/t14-,21+/m1/s1. The average molecular weight is 443 g/mol. The Hall–Kier alpha value is -3.53. The molecule has 0 saturated heterocycles. The quantitative estimate of drug-likeness (QED) is 0.446. The maximum absolute atomic E-state index is 14.8. The number of nitrogens with one attached hydrogen (secondary N) is 2. The van der Waals surface area contributed by atoms with Crippen LogP contribution in [-0.2, 0) is 4.79 Å². The third kappa shape index (κ3) is 3.93. The molecule has 0 bridgehead atoms. The van der Waals surface area contributed by atoms with Crippen molar-refractivity contribution in [1.29, 1.82) is 0 Å². The van der Waals surface area contributed by atoms with E-state index in [9.17, 15) is 18.4 Å². The number of rotatable bonds is 7. The van der Waals surface area contributed by atoms with Crippen LogP contribution in [0.4, 0.5) is 25.2 Å². The Morgan fingerprint density at radius 2 is 1.84 bits per heavy atom. The van der Waals surface area contributed by atoms with Crippen LogP contribution in [-0.4, -0.2) is 21.7 Å². The second-order valence-corrected chi connectivity index (χ2v) is 8.27. The molecule has 0 radical (unpaired) electrons. The molecule has 1 aliphatic rings. The normalized spacial score (nSPS) is 19.6. The predicted octanol–water partition coefficient (Wildman–Crippen LogP) is 3.40. The minimum Gasteiger partial charge on any atom is -0.368 e. The first kappa shape index (κ1) is 20.7. The molecule has 3 aromatic rings. The van der Waals surface area contributed by atoms with Crippen LogP contribution < -0.4 is 22.1 Å². The fourth-order valence-corrected chi connectivity index (χ4v) is 4.28. The Morgan fingerprint density at radius 3 is 2.42 bits per heavy atom. The molecule has 10 heteroatoms. The highest BCUT2D eigenvalue weighted by Crippen LogP contribution is 2.53. The first-order chi connectivity index (χ1) is 14.7. The largest absolute Gasteiger partial charge is 0.368 e. The van der Waals surface area contributed by atoms with E-state index < -0.39 is 29.0 Å². The van der Waals surface area contributed by atoms with Crippen molar-refractivity contribution < 1.29 is 18.4 Å². The fraction of sp³-hybridized carbons (Fsp3) is 0.190. The molecule has 1 saturated carbocycles. The number of aromatic nitrogens is 1. The summed E-state index contributed by atoms with van der Waals surface area (Å²) in [5.41, 5.74) is 11.5. The van der Waals surface area contributed by atoms with Gasteiger partial charge in [0.25, 0.3) is 5.91 Å². The average Bonchev–Trinajstić information content (AvgIpc) is 3.30. The van der Waals surface area contributed by atoms with Gasteiger partial charge in [-0.2, -0.15) is 4.37 Å². The molecule has 2 amide bonds. The third-order valence-electron chi connectivity index (χ3n) is 5.29. The Morgan fingerprint density at radius 1 is 1.13 bits per heavy atom. The number of halogens is 2. The summed E-state index contributed by atoms with van der Waals surface area (Å²) in [5.74, 6) is -2.97.